The molecule has 1 atom stereocenters. The summed E-state index contributed by atoms with van der Waals surface area (Å²) in [5.41, 5.74) is 1.22. The SMILES string of the molecule is C/C=C/C(=O)C1(C)CCC=C(C)C1. The van der Waals surface area contributed by atoms with Crippen LogP contribution in [0, 0.1) is 5.41 Å². The van der Waals surface area contributed by atoms with Crippen molar-refractivity contribution in [2.24, 2.45) is 5.41 Å². The van der Waals surface area contributed by atoms with E-state index in [0.717, 1.165) is 19.3 Å². The van der Waals surface area contributed by atoms with E-state index in [4.69, 9.17) is 0 Å². The molecule has 13 heavy (non-hydrogen) atoms. The summed E-state index contributed by atoms with van der Waals surface area (Å²) in [6.07, 6.45) is 8.75. The lowest BCUT2D eigenvalue weighted by Crippen LogP contribution is -2.28. The minimum atomic E-state index is -0.134. The van der Waals surface area contributed by atoms with Gasteiger partial charge in [0.1, 0.15) is 0 Å². The third-order valence-electron chi connectivity index (χ3n) is 2.77. The Hall–Kier alpha value is -0.850. The number of hydrogen-bond acceptors (Lipinski definition) is 1. The molecule has 0 fully saturated rings. The van der Waals surface area contributed by atoms with E-state index >= 15 is 0 Å². The lowest BCUT2D eigenvalue weighted by molar-refractivity contribution is -0.123. The highest BCUT2D eigenvalue weighted by molar-refractivity contribution is 5.94. The maximum atomic E-state index is 11.8. The van der Waals surface area contributed by atoms with Crippen molar-refractivity contribution in [3.8, 4) is 0 Å². The summed E-state index contributed by atoms with van der Waals surface area (Å²) in [4.78, 5) is 11.8. The van der Waals surface area contributed by atoms with E-state index < -0.39 is 0 Å². The van der Waals surface area contributed by atoms with Crippen LogP contribution in [0.15, 0.2) is 23.8 Å². The van der Waals surface area contributed by atoms with Gasteiger partial charge in [0.2, 0.25) is 0 Å². The van der Waals surface area contributed by atoms with Gasteiger partial charge in [0, 0.05) is 5.41 Å². The van der Waals surface area contributed by atoms with Crippen molar-refractivity contribution >= 4 is 5.78 Å². The molecule has 0 aromatic heterocycles. The second kappa shape index (κ2) is 3.91. The van der Waals surface area contributed by atoms with Gasteiger partial charge in [-0.1, -0.05) is 24.6 Å². The van der Waals surface area contributed by atoms with Gasteiger partial charge >= 0.3 is 0 Å². The molecule has 0 aromatic rings. The third kappa shape index (κ3) is 2.30. The number of carbonyl (C=O) groups is 1. The molecule has 0 N–H and O–H groups in total. The maximum Gasteiger partial charge on any atom is 0.161 e. The fourth-order valence-corrected chi connectivity index (χ4v) is 1.98. The zero-order chi connectivity index (χ0) is 9.90. The lowest BCUT2D eigenvalue weighted by Gasteiger charge is -2.30. The molecule has 0 spiro atoms. The van der Waals surface area contributed by atoms with Crippen LogP contribution in [0.1, 0.15) is 40.0 Å². The van der Waals surface area contributed by atoms with Crippen LogP contribution in [0.2, 0.25) is 0 Å². The maximum absolute atomic E-state index is 11.8. The van der Waals surface area contributed by atoms with Crippen molar-refractivity contribution in [2.45, 2.75) is 40.0 Å². The van der Waals surface area contributed by atoms with Gasteiger partial charge < -0.3 is 0 Å². The first-order valence-corrected chi connectivity index (χ1v) is 4.91. The fraction of sp³-hybridized carbons (Fsp3) is 0.583. The molecule has 72 valence electrons. The van der Waals surface area contributed by atoms with Crippen LogP contribution in [0.4, 0.5) is 0 Å². The molecule has 1 heteroatoms. The monoisotopic (exact) mass is 178 g/mol. The zero-order valence-corrected chi connectivity index (χ0v) is 8.76. The van der Waals surface area contributed by atoms with Crippen LogP contribution in [0.5, 0.6) is 0 Å². The minimum absolute atomic E-state index is 0.134. The molecule has 0 amide bonds. The lowest BCUT2D eigenvalue weighted by atomic mass is 9.73. The van der Waals surface area contributed by atoms with Crippen LogP contribution >= 0.6 is 0 Å². The Labute approximate surface area is 80.5 Å². The summed E-state index contributed by atoms with van der Waals surface area (Å²) < 4.78 is 0. The van der Waals surface area contributed by atoms with Crippen molar-refractivity contribution < 1.29 is 4.79 Å². The number of carbonyl (C=O) groups excluding carboxylic acids is 1. The Bertz CT molecular complexity index is 260. The van der Waals surface area contributed by atoms with Crippen molar-refractivity contribution in [1.82, 2.24) is 0 Å². The summed E-state index contributed by atoms with van der Waals surface area (Å²) in [6, 6.07) is 0. The predicted octanol–water partition coefficient (Wildman–Crippen LogP) is 3.27. The van der Waals surface area contributed by atoms with Crippen LogP contribution < -0.4 is 0 Å². The quantitative estimate of drug-likeness (QED) is 0.468. The zero-order valence-electron chi connectivity index (χ0n) is 8.76. The Morgan fingerprint density at radius 2 is 2.31 bits per heavy atom. The van der Waals surface area contributed by atoms with Gasteiger partial charge in [-0.05, 0) is 39.2 Å². The molecule has 0 aromatic carbocycles. The molecule has 1 rings (SSSR count). The third-order valence-corrected chi connectivity index (χ3v) is 2.77. The predicted molar refractivity (Wildman–Crippen MR) is 55.5 cm³/mol. The van der Waals surface area contributed by atoms with Gasteiger partial charge in [-0.3, -0.25) is 4.79 Å². The van der Waals surface area contributed by atoms with Crippen LogP contribution in [-0.4, -0.2) is 5.78 Å². The van der Waals surface area contributed by atoms with Crippen LogP contribution in [0.3, 0.4) is 0 Å². The summed E-state index contributed by atoms with van der Waals surface area (Å²) in [5, 5.41) is 0. The largest absolute Gasteiger partial charge is 0.294 e. The fourth-order valence-electron chi connectivity index (χ4n) is 1.98. The highest BCUT2D eigenvalue weighted by Gasteiger charge is 2.32. The molecule has 1 aliphatic rings. The molecule has 1 unspecified atom stereocenters. The van der Waals surface area contributed by atoms with E-state index in [9.17, 15) is 4.79 Å². The van der Waals surface area contributed by atoms with Gasteiger partial charge in [-0.15, -0.1) is 0 Å². The minimum Gasteiger partial charge on any atom is -0.294 e. The molecule has 0 radical (unpaired) electrons. The van der Waals surface area contributed by atoms with Crippen LogP contribution in [-0.2, 0) is 4.79 Å². The highest BCUT2D eigenvalue weighted by Crippen LogP contribution is 2.36. The van der Waals surface area contributed by atoms with Crippen LogP contribution in [0.25, 0.3) is 0 Å². The summed E-state index contributed by atoms with van der Waals surface area (Å²) >= 11 is 0. The standard InChI is InChI=1S/C12H18O/c1-4-6-11(13)12(3)8-5-7-10(2)9-12/h4,6-7H,5,8-9H2,1-3H3/b6-4+. The van der Waals surface area contributed by atoms with Gasteiger partial charge in [-0.2, -0.15) is 0 Å². The topological polar surface area (TPSA) is 17.1 Å². The number of rotatable bonds is 2. The van der Waals surface area contributed by atoms with Gasteiger partial charge in [-0.25, -0.2) is 0 Å². The number of ketones is 1. The van der Waals surface area contributed by atoms with E-state index in [1.54, 1.807) is 6.08 Å². The van der Waals surface area contributed by atoms with Gasteiger partial charge in [0.25, 0.3) is 0 Å². The van der Waals surface area contributed by atoms with E-state index in [0.29, 0.717) is 0 Å². The van der Waals surface area contributed by atoms with E-state index in [1.165, 1.54) is 5.57 Å². The molecule has 1 nitrogen and oxygen atoms in total. The first kappa shape index (κ1) is 10.2. The van der Waals surface area contributed by atoms with E-state index in [-0.39, 0.29) is 11.2 Å². The molecular weight excluding hydrogens is 160 g/mol. The van der Waals surface area contributed by atoms with Crippen molar-refractivity contribution in [2.75, 3.05) is 0 Å². The number of hydrogen-bond donors (Lipinski definition) is 0. The molecule has 0 saturated heterocycles. The molecule has 0 saturated carbocycles. The molecule has 0 aliphatic heterocycles. The summed E-state index contributed by atoms with van der Waals surface area (Å²) in [5.74, 6) is 0.280. The molecule has 0 bridgehead atoms. The normalized spacial score (nSPS) is 29.0. The number of allylic oxidation sites excluding steroid dienone is 4. The first-order chi connectivity index (χ1) is 6.08. The highest BCUT2D eigenvalue weighted by atomic mass is 16.1. The summed E-state index contributed by atoms with van der Waals surface area (Å²) in [6.45, 7) is 6.08. The molecular formula is C12H18O. The second-order valence-corrected chi connectivity index (χ2v) is 4.19. The van der Waals surface area contributed by atoms with Gasteiger partial charge in [0.15, 0.2) is 5.78 Å². The van der Waals surface area contributed by atoms with Crippen molar-refractivity contribution in [3.63, 3.8) is 0 Å². The van der Waals surface area contributed by atoms with E-state index in [2.05, 4.69) is 19.9 Å². The molecule has 0 heterocycles. The Morgan fingerprint density at radius 1 is 1.62 bits per heavy atom. The second-order valence-electron chi connectivity index (χ2n) is 4.19. The smallest absolute Gasteiger partial charge is 0.161 e. The Balaban J connectivity index is 2.77. The van der Waals surface area contributed by atoms with Crippen molar-refractivity contribution in [1.29, 1.82) is 0 Å². The average molecular weight is 178 g/mol. The average Bonchev–Trinajstić information content (AvgIpc) is 2.04. The van der Waals surface area contributed by atoms with Gasteiger partial charge in [0.05, 0.1) is 0 Å². The summed E-state index contributed by atoms with van der Waals surface area (Å²) in [7, 11) is 0. The first-order valence-electron chi connectivity index (χ1n) is 4.91. The Morgan fingerprint density at radius 3 is 2.85 bits per heavy atom. The Kier molecular flexibility index (Phi) is 3.07. The van der Waals surface area contributed by atoms with E-state index in [1.807, 2.05) is 13.0 Å². The molecule has 1 aliphatic carbocycles. The van der Waals surface area contributed by atoms with Crippen molar-refractivity contribution in [3.05, 3.63) is 23.8 Å².